The molecule has 1 aromatic carbocycles. The van der Waals surface area contributed by atoms with E-state index in [0.717, 1.165) is 25.1 Å². The Morgan fingerprint density at radius 3 is 2.88 bits per heavy atom. The second-order valence-electron chi connectivity index (χ2n) is 6.70. The highest BCUT2D eigenvalue weighted by Gasteiger charge is 2.37. The fraction of sp³-hybridized carbons (Fsp3) is 0.611. The molecule has 2 saturated heterocycles. The molecule has 3 atom stereocenters. The van der Waals surface area contributed by atoms with Crippen LogP contribution in [-0.2, 0) is 16.0 Å². The van der Waals surface area contributed by atoms with E-state index in [4.69, 9.17) is 9.84 Å². The lowest BCUT2D eigenvalue weighted by atomic mass is 10.1. The fourth-order valence-electron chi connectivity index (χ4n) is 3.57. The van der Waals surface area contributed by atoms with Gasteiger partial charge in [-0.1, -0.05) is 12.1 Å². The summed E-state index contributed by atoms with van der Waals surface area (Å²) in [5.41, 5.74) is 0.968. The van der Waals surface area contributed by atoms with Crippen molar-refractivity contribution in [2.75, 3.05) is 26.3 Å². The molecule has 0 aromatic heterocycles. The van der Waals surface area contributed by atoms with Crippen LogP contribution in [0.25, 0.3) is 0 Å². The molecule has 5 nitrogen and oxygen atoms in total. The Bertz CT molecular complexity index is 552. The van der Waals surface area contributed by atoms with Crippen molar-refractivity contribution in [1.29, 1.82) is 0 Å². The number of carbonyl (C=O) groups is 1. The van der Waals surface area contributed by atoms with E-state index in [1.165, 1.54) is 12.1 Å². The predicted octanol–water partition coefficient (Wildman–Crippen LogP) is 1.10. The van der Waals surface area contributed by atoms with E-state index >= 15 is 0 Å². The van der Waals surface area contributed by atoms with E-state index in [-0.39, 0.29) is 30.5 Å². The number of amides is 1. The number of morpholine rings is 1. The van der Waals surface area contributed by atoms with Crippen molar-refractivity contribution >= 4 is 5.91 Å². The van der Waals surface area contributed by atoms with E-state index in [9.17, 15) is 9.18 Å². The monoisotopic (exact) mass is 336 g/mol. The molecule has 0 spiro atoms. The highest BCUT2D eigenvalue weighted by molar-refractivity contribution is 5.76. The number of ether oxygens (including phenoxy) is 1. The first-order chi connectivity index (χ1) is 11.6. The molecule has 2 aliphatic heterocycles. The summed E-state index contributed by atoms with van der Waals surface area (Å²) in [5, 5.41) is 12.1. The maximum absolute atomic E-state index is 12.9. The fourth-order valence-corrected chi connectivity index (χ4v) is 3.57. The molecular weight excluding hydrogens is 311 g/mol. The van der Waals surface area contributed by atoms with Gasteiger partial charge in [0.15, 0.2) is 0 Å². The third kappa shape index (κ3) is 4.53. The van der Waals surface area contributed by atoms with Gasteiger partial charge in [-0.25, -0.2) is 4.39 Å². The average molecular weight is 336 g/mol. The molecule has 6 heteroatoms. The minimum Gasteiger partial charge on any atom is -0.396 e. The standard InChI is InChI=1S/C18H25FN2O3/c19-14-4-1-13(2-5-14)3-6-18(23)20-15-9-16-12-24-17(7-8-22)11-21(16)10-15/h1-2,4-5,15-17,22H,3,6-12H2,(H,20,23)/t15-,16-,17-/m0/s1. The Morgan fingerprint density at radius 2 is 2.12 bits per heavy atom. The largest absolute Gasteiger partial charge is 0.396 e. The van der Waals surface area contributed by atoms with Crippen molar-refractivity contribution in [1.82, 2.24) is 10.2 Å². The van der Waals surface area contributed by atoms with Crippen LogP contribution in [0.2, 0.25) is 0 Å². The zero-order valence-electron chi connectivity index (χ0n) is 13.8. The van der Waals surface area contributed by atoms with Gasteiger partial charge in [0.25, 0.3) is 0 Å². The number of carbonyl (C=O) groups excluding carboxylic acids is 1. The van der Waals surface area contributed by atoms with Crippen molar-refractivity contribution in [3.05, 3.63) is 35.6 Å². The number of hydrogen-bond donors (Lipinski definition) is 2. The zero-order chi connectivity index (χ0) is 16.9. The van der Waals surface area contributed by atoms with Gasteiger partial charge in [-0.3, -0.25) is 9.69 Å². The van der Waals surface area contributed by atoms with E-state index in [2.05, 4.69) is 10.2 Å². The van der Waals surface area contributed by atoms with Gasteiger partial charge >= 0.3 is 0 Å². The van der Waals surface area contributed by atoms with Crippen molar-refractivity contribution in [3.8, 4) is 0 Å². The van der Waals surface area contributed by atoms with Crippen molar-refractivity contribution in [2.45, 2.75) is 43.9 Å². The van der Waals surface area contributed by atoms with Crippen molar-refractivity contribution in [3.63, 3.8) is 0 Å². The molecule has 0 bridgehead atoms. The summed E-state index contributed by atoms with van der Waals surface area (Å²) in [4.78, 5) is 14.5. The number of halogens is 1. The van der Waals surface area contributed by atoms with Crippen LogP contribution >= 0.6 is 0 Å². The van der Waals surface area contributed by atoms with Gasteiger partial charge < -0.3 is 15.2 Å². The maximum Gasteiger partial charge on any atom is 0.220 e. The highest BCUT2D eigenvalue weighted by Crippen LogP contribution is 2.24. The van der Waals surface area contributed by atoms with Crippen LogP contribution in [0.5, 0.6) is 0 Å². The summed E-state index contributed by atoms with van der Waals surface area (Å²) in [6.45, 7) is 2.49. The smallest absolute Gasteiger partial charge is 0.220 e. The normalized spacial score (nSPS) is 27.0. The highest BCUT2D eigenvalue weighted by atomic mass is 19.1. The van der Waals surface area contributed by atoms with Crippen LogP contribution in [0.1, 0.15) is 24.8 Å². The Hall–Kier alpha value is -1.50. The second kappa shape index (κ2) is 8.05. The lowest BCUT2D eigenvalue weighted by Crippen LogP contribution is -2.46. The summed E-state index contributed by atoms with van der Waals surface area (Å²) in [6, 6.07) is 6.80. The quantitative estimate of drug-likeness (QED) is 0.817. The van der Waals surface area contributed by atoms with Crippen LogP contribution < -0.4 is 5.32 Å². The van der Waals surface area contributed by atoms with Crippen LogP contribution in [-0.4, -0.2) is 60.4 Å². The van der Waals surface area contributed by atoms with Gasteiger partial charge in [0.1, 0.15) is 5.82 Å². The molecule has 132 valence electrons. The summed E-state index contributed by atoms with van der Waals surface area (Å²) >= 11 is 0. The van der Waals surface area contributed by atoms with Crippen LogP contribution in [0, 0.1) is 5.82 Å². The third-order valence-corrected chi connectivity index (χ3v) is 4.86. The molecule has 2 heterocycles. The summed E-state index contributed by atoms with van der Waals surface area (Å²) < 4.78 is 18.6. The van der Waals surface area contributed by atoms with Gasteiger partial charge in [-0.05, 0) is 37.0 Å². The molecule has 2 aliphatic rings. The molecule has 2 N–H and O–H groups in total. The number of nitrogens with zero attached hydrogens (tertiary/aromatic N) is 1. The van der Waals surface area contributed by atoms with Crippen LogP contribution in [0.3, 0.4) is 0 Å². The SMILES string of the molecule is O=C(CCc1ccc(F)cc1)N[C@H]1C[C@H]2CO[C@@H](CCO)CN2C1. The number of aliphatic hydroxyl groups is 1. The molecule has 3 rings (SSSR count). The zero-order valence-corrected chi connectivity index (χ0v) is 13.8. The molecule has 0 aliphatic carbocycles. The Kier molecular flexibility index (Phi) is 5.81. The number of fused-ring (bicyclic) bond motifs is 1. The van der Waals surface area contributed by atoms with E-state index < -0.39 is 0 Å². The first-order valence-electron chi connectivity index (χ1n) is 8.64. The van der Waals surface area contributed by atoms with Gasteiger partial charge in [-0.2, -0.15) is 0 Å². The molecule has 0 unspecified atom stereocenters. The minimum atomic E-state index is -0.257. The first kappa shape index (κ1) is 17.3. The Balaban J connectivity index is 1.42. The number of benzene rings is 1. The van der Waals surface area contributed by atoms with Gasteiger partial charge in [0.2, 0.25) is 5.91 Å². The molecular formula is C18H25FN2O3. The van der Waals surface area contributed by atoms with E-state index in [1.807, 2.05) is 0 Å². The number of rotatable bonds is 6. The molecule has 1 aromatic rings. The number of aliphatic hydroxyl groups excluding tert-OH is 1. The molecule has 0 radical (unpaired) electrons. The molecule has 1 amide bonds. The Labute approximate surface area is 141 Å². The van der Waals surface area contributed by atoms with Gasteiger partial charge in [0.05, 0.1) is 12.7 Å². The van der Waals surface area contributed by atoms with Crippen molar-refractivity contribution in [2.24, 2.45) is 0 Å². The predicted molar refractivity (Wildman–Crippen MR) is 88.1 cm³/mol. The van der Waals surface area contributed by atoms with Crippen molar-refractivity contribution < 1.29 is 19.0 Å². The topological polar surface area (TPSA) is 61.8 Å². The molecule has 24 heavy (non-hydrogen) atoms. The van der Waals surface area contributed by atoms with Gasteiger partial charge in [0, 0.05) is 38.2 Å². The lowest BCUT2D eigenvalue weighted by molar-refractivity contribution is -0.121. The lowest BCUT2D eigenvalue weighted by Gasteiger charge is -2.34. The second-order valence-corrected chi connectivity index (χ2v) is 6.70. The summed E-state index contributed by atoms with van der Waals surface area (Å²) in [6.07, 6.45) is 2.70. The molecule has 0 saturated carbocycles. The van der Waals surface area contributed by atoms with Crippen LogP contribution in [0.4, 0.5) is 4.39 Å². The number of nitrogens with one attached hydrogen (secondary N) is 1. The minimum absolute atomic E-state index is 0.0389. The first-order valence-corrected chi connectivity index (χ1v) is 8.64. The average Bonchev–Trinajstić information content (AvgIpc) is 2.96. The Morgan fingerprint density at radius 1 is 1.33 bits per heavy atom. The summed E-state index contributed by atoms with van der Waals surface area (Å²) in [5.74, 6) is -0.218. The number of hydrogen-bond acceptors (Lipinski definition) is 4. The maximum atomic E-state index is 12.9. The number of aryl methyl sites for hydroxylation is 1. The van der Waals surface area contributed by atoms with Gasteiger partial charge in [-0.15, -0.1) is 0 Å². The molecule has 2 fully saturated rings. The van der Waals surface area contributed by atoms with Crippen LogP contribution in [0.15, 0.2) is 24.3 Å². The third-order valence-electron chi connectivity index (χ3n) is 4.86. The summed E-state index contributed by atoms with van der Waals surface area (Å²) in [7, 11) is 0. The van der Waals surface area contributed by atoms with E-state index in [0.29, 0.717) is 31.9 Å². The van der Waals surface area contributed by atoms with E-state index in [1.54, 1.807) is 12.1 Å².